The number of imidazole rings is 1. The Morgan fingerprint density at radius 2 is 2.07 bits per heavy atom. The molecule has 1 aliphatic carbocycles. The van der Waals surface area contributed by atoms with Gasteiger partial charge < -0.3 is 14.8 Å². The molecule has 3 heterocycles. The minimum atomic E-state index is -4.63. The first kappa shape index (κ1) is 20.1. The van der Waals surface area contributed by atoms with Gasteiger partial charge in [0.25, 0.3) is 5.91 Å². The molecule has 4 rings (SSSR count). The number of amides is 1. The summed E-state index contributed by atoms with van der Waals surface area (Å²) < 4.78 is 52.4. The van der Waals surface area contributed by atoms with Crippen molar-refractivity contribution in [2.75, 3.05) is 7.05 Å². The maximum Gasteiger partial charge on any atom is 0.419 e. The molecular formula is C18H15F3N4O4S. The molecule has 1 fully saturated rings. The Hall–Kier alpha value is -3.15. The number of ether oxygens (including phenoxy) is 2. The van der Waals surface area contributed by atoms with Crippen LogP contribution in [-0.4, -0.2) is 45.8 Å². The molecule has 0 unspecified atom stereocenters. The Balaban J connectivity index is 1.50. The van der Waals surface area contributed by atoms with Crippen molar-refractivity contribution in [2.45, 2.75) is 31.2 Å². The van der Waals surface area contributed by atoms with Gasteiger partial charge in [-0.05, 0) is 0 Å². The molecule has 8 nitrogen and oxygen atoms in total. The van der Waals surface area contributed by atoms with Crippen molar-refractivity contribution >= 4 is 33.6 Å². The van der Waals surface area contributed by atoms with Crippen LogP contribution >= 0.6 is 11.3 Å². The van der Waals surface area contributed by atoms with Crippen LogP contribution in [0.3, 0.4) is 0 Å². The molecule has 0 aromatic carbocycles. The summed E-state index contributed by atoms with van der Waals surface area (Å²) in [5.41, 5.74) is -0.925. The molecule has 3 aromatic rings. The van der Waals surface area contributed by atoms with Gasteiger partial charge in [0.2, 0.25) is 5.88 Å². The fourth-order valence-electron chi connectivity index (χ4n) is 3.00. The van der Waals surface area contributed by atoms with E-state index in [0.29, 0.717) is 12.8 Å². The number of thiophene rings is 1. The molecule has 158 valence electrons. The van der Waals surface area contributed by atoms with Gasteiger partial charge in [-0.25, -0.2) is 19.3 Å². The number of aromatic nitrogens is 3. The van der Waals surface area contributed by atoms with Gasteiger partial charge in [0.15, 0.2) is 0 Å². The van der Waals surface area contributed by atoms with Gasteiger partial charge in [-0.2, -0.15) is 13.2 Å². The van der Waals surface area contributed by atoms with E-state index in [1.165, 1.54) is 35.7 Å². The molecule has 1 N–H and O–H groups in total. The number of nitrogens with one attached hydrogen (secondary N) is 1. The Bertz CT molecular complexity index is 1090. The standard InChI is InChI=1S/C18H15F3N4O4S/c1-22-16(26)11-7-30-15-12(18(19,20)21)6-13(24-14(11)15)28-9-4-10(5-9)29-17(27)25-3-2-23-8-25/h2-3,6-10H,4-5H2,1H3,(H,22,26)/t9-,10+. The van der Waals surface area contributed by atoms with Gasteiger partial charge in [-0.1, -0.05) is 0 Å². The third-order valence-electron chi connectivity index (χ3n) is 4.60. The number of carbonyl (C=O) groups excluding carboxylic acids is 2. The highest BCUT2D eigenvalue weighted by Gasteiger charge is 2.38. The number of alkyl halides is 3. The van der Waals surface area contributed by atoms with Crippen LogP contribution in [0.15, 0.2) is 30.2 Å². The van der Waals surface area contributed by atoms with Crippen molar-refractivity contribution in [3.8, 4) is 5.88 Å². The van der Waals surface area contributed by atoms with Crippen molar-refractivity contribution in [1.82, 2.24) is 19.9 Å². The van der Waals surface area contributed by atoms with Gasteiger partial charge in [-0.3, -0.25) is 4.79 Å². The number of nitrogens with zero attached hydrogens (tertiary/aromatic N) is 3. The zero-order valence-corrected chi connectivity index (χ0v) is 16.3. The molecular weight excluding hydrogens is 425 g/mol. The summed E-state index contributed by atoms with van der Waals surface area (Å²) in [6.45, 7) is 0. The average molecular weight is 440 g/mol. The van der Waals surface area contributed by atoms with E-state index in [9.17, 15) is 22.8 Å². The van der Waals surface area contributed by atoms with Gasteiger partial charge >= 0.3 is 12.3 Å². The zero-order chi connectivity index (χ0) is 21.5. The van der Waals surface area contributed by atoms with Crippen molar-refractivity contribution in [1.29, 1.82) is 0 Å². The van der Waals surface area contributed by atoms with E-state index in [4.69, 9.17) is 9.47 Å². The maximum atomic E-state index is 13.5. The molecule has 1 aliphatic rings. The Labute approximate surface area is 171 Å². The van der Waals surface area contributed by atoms with Crippen molar-refractivity contribution in [2.24, 2.45) is 0 Å². The first-order valence-corrected chi connectivity index (χ1v) is 9.71. The van der Waals surface area contributed by atoms with Gasteiger partial charge in [0, 0.05) is 43.7 Å². The van der Waals surface area contributed by atoms with E-state index in [-0.39, 0.29) is 21.7 Å². The molecule has 1 saturated carbocycles. The summed E-state index contributed by atoms with van der Waals surface area (Å²) in [5.74, 6) is -0.767. The summed E-state index contributed by atoms with van der Waals surface area (Å²) in [7, 11) is 1.39. The zero-order valence-electron chi connectivity index (χ0n) is 15.5. The molecule has 3 aromatic heterocycles. The summed E-state index contributed by atoms with van der Waals surface area (Å²) >= 11 is 0.801. The summed E-state index contributed by atoms with van der Waals surface area (Å²) in [6.07, 6.45) is -1.30. The molecule has 0 saturated heterocycles. The van der Waals surface area contributed by atoms with Crippen LogP contribution in [0.2, 0.25) is 0 Å². The number of hydrogen-bond acceptors (Lipinski definition) is 7. The summed E-state index contributed by atoms with van der Waals surface area (Å²) in [5, 5.41) is 3.72. The largest absolute Gasteiger partial charge is 0.474 e. The van der Waals surface area contributed by atoms with Crippen LogP contribution in [0.1, 0.15) is 28.8 Å². The number of rotatable bonds is 4. The number of pyridine rings is 1. The van der Waals surface area contributed by atoms with Crippen LogP contribution in [0, 0.1) is 0 Å². The van der Waals surface area contributed by atoms with Crippen molar-refractivity contribution in [3.05, 3.63) is 41.3 Å². The van der Waals surface area contributed by atoms with E-state index in [1.807, 2.05) is 0 Å². The molecule has 0 bridgehead atoms. The molecule has 1 amide bonds. The van der Waals surface area contributed by atoms with Crippen LogP contribution in [0.5, 0.6) is 5.88 Å². The average Bonchev–Trinajstić information content (AvgIpc) is 3.34. The second kappa shape index (κ2) is 7.59. The topological polar surface area (TPSA) is 95.3 Å². The number of fused-ring (bicyclic) bond motifs is 1. The number of hydrogen-bond donors (Lipinski definition) is 1. The number of carbonyl (C=O) groups is 2. The van der Waals surface area contributed by atoms with Crippen molar-refractivity contribution < 1.29 is 32.2 Å². The Morgan fingerprint density at radius 1 is 1.30 bits per heavy atom. The lowest BCUT2D eigenvalue weighted by Crippen LogP contribution is -2.41. The molecule has 12 heteroatoms. The quantitative estimate of drug-likeness (QED) is 0.668. The number of halogens is 3. The van der Waals surface area contributed by atoms with E-state index in [0.717, 1.165) is 17.4 Å². The second-order valence-corrected chi connectivity index (χ2v) is 7.48. The highest BCUT2D eigenvalue weighted by Crippen LogP contribution is 2.41. The minimum Gasteiger partial charge on any atom is -0.474 e. The minimum absolute atomic E-state index is 0.0502. The maximum absolute atomic E-state index is 13.5. The summed E-state index contributed by atoms with van der Waals surface area (Å²) in [6, 6.07) is 0.831. The van der Waals surface area contributed by atoms with Gasteiger partial charge in [0.1, 0.15) is 18.5 Å². The molecule has 0 spiro atoms. The Kier molecular flexibility index (Phi) is 5.10. The molecule has 0 atom stereocenters. The lowest BCUT2D eigenvalue weighted by molar-refractivity contribution is -0.136. The highest BCUT2D eigenvalue weighted by atomic mass is 32.1. The second-order valence-electron chi connectivity index (χ2n) is 6.60. The third kappa shape index (κ3) is 3.82. The van der Waals surface area contributed by atoms with Crippen LogP contribution < -0.4 is 10.1 Å². The lowest BCUT2D eigenvalue weighted by Gasteiger charge is -2.34. The van der Waals surface area contributed by atoms with E-state index in [2.05, 4.69) is 15.3 Å². The van der Waals surface area contributed by atoms with E-state index >= 15 is 0 Å². The first-order chi connectivity index (χ1) is 14.3. The molecule has 30 heavy (non-hydrogen) atoms. The SMILES string of the molecule is CNC(=O)c1csc2c(C(F)(F)F)cc(O[C@H]3C[C@@H](OC(=O)n4ccnc4)C3)nc12. The van der Waals surface area contributed by atoms with Gasteiger partial charge in [-0.15, -0.1) is 11.3 Å². The smallest absolute Gasteiger partial charge is 0.419 e. The third-order valence-corrected chi connectivity index (χ3v) is 5.60. The van der Waals surface area contributed by atoms with E-state index < -0.39 is 35.9 Å². The van der Waals surface area contributed by atoms with Crippen molar-refractivity contribution in [3.63, 3.8) is 0 Å². The predicted octanol–water partition coefficient (Wildman–Crippen LogP) is 3.47. The van der Waals surface area contributed by atoms with Crippen LogP contribution in [0.25, 0.3) is 10.2 Å². The first-order valence-electron chi connectivity index (χ1n) is 8.83. The molecule has 0 radical (unpaired) electrons. The summed E-state index contributed by atoms with van der Waals surface area (Å²) in [4.78, 5) is 31.7. The molecule has 0 aliphatic heterocycles. The lowest BCUT2D eigenvalue weighted by atomic mass is 9.92. The van der Waals surface area contributed by atoms with E-state index in [1.54, 1.807) is 0 Å². The normalized spacial score (nSPS) is 18.7. The monoisotopic (exact) mass is 440 g/mol. The predicted molar refractivity (Wildman–Crippen MR) is 99.6 cm³/mol. The fourth-order valence-corrected chi connectivity index (χ4v) is 4.03. The fraction of sp³-hybridized carbons (Fsp3) is 0.333. The van der Waals surface area contributed by atoms with Gasteiger partial charge in [0.05, 0.1) is 21.3 Å². The Morgan fingerprint density at radius 3 is 2.70 bits per heavy atom. The highest BCUT2D eigenvalue weighted by molar-refractivity contribution is 7.17. The van der Waals surface area contributed by atoms with Crippen LogP contribution in [-0.2, 0) is 10.9 Å². The van der Waals surface area contributed by atoms with Crippen LogP contribution in [0.4, 0.5) is 18.0 Å².